The highest BCUT2D eigenvalue weighted by atomic mass is 16.5. The normalized spacial score (nSPS) is 18.0. The van der Waals surface area contributed by atoms with Gasteiger partial charge in [-0.1, -0.05) is 18.2 Å². The minimum absolute atomic E-state index is 0.251. The van der Waals surface area contributed by atoms with Crippen LogP contribution in [0.4, 0.5) is 11.8 Å². The second kappa shape index (κ2) is 6.49. The molecule has 1 aromatic carbocycles. The Morgan fingerprint density at radius 3 is 2.96 bits per heavy atom. The number of oxazole rings is 1. The van der Waals surface area contributed by atoms with Crippen molar-refractivity contribution in [2.45, 2.75) is 19.6 Å². The number of ether oxygens (including phenoxy) is 1. The number of nitrogens with one attached hydrogen (secondary N) is 1. The predicted octanol–water partition coefficient (Wildman–Crippen LogP) is 3.06. The van der Waals surface area contributed by atoms with Crippen molar-refractivity contribution < 1.29 is 9.15 Å². The number of pyridine rings is 1. The summed E-state index contributed by atoms with van der Waals surface area (Å²) in [5.41, 5.74) is 2.73. The van der Waals surface area contributed by atoms with E-state index >= 15 is 0 Å². The quantitative estimate of drug-likeness (QED) is 0.796. The second-order valence-electron chi connectivity index (χ2n) is 5.99. The molecule has 0 aliphatic carbocycles. The van der Waals surface area contributed by atoms with E-state index in [2.05, 4.69) is 39.2 Å². The van der Waals surface area contributed by atoms with E-state index in [1.54, 1.807) is 0 Å². The third-order valence-corrected chi connectivity index (χ3v) is 4.11. The summed E-state index contributed by atoms with van der Waals surface area (Å²) in [4.78, 5) is 11.2. The fraction of sp³-hybridized carbons (Fsp3) is 0.333. The molecular weight excluding hydrogens is 304 g/mol. The van der Waals surface area contributed by atoms with Crippen molar-refractivity contribution >= 4 is 22.9 Å². The topological polar surface area (TPSA) is 63.4 Å². The van der Waals surface area contributed by atoms with Crippen molar-refractivity contribution in [3.05, 3.63) is 48.2 Å². The van der Waals surface area contributed by atoms with Gasteiger partial charge in [0, 0.05) is 25.8 Å². The zero-order valence-corrected chi connectivity index (χ0v) is 13.6. The summed E-state index contributed by atoms with van der Waals surface area (Å²) < 4.78 is 11.2. The third kappa shape index (κ3) is 3.19. The number of fused-ring (bicyclic) bond motifs is 1. The average molecular weight is 324 g/mol. The monoisotopic (exact) mass is 324 g/mol. The molecule has 3 aromatic rings. The number of anilines is 2. The first-order valence-electron chi connectivity index (χ1n) is 8.19. The van der Waals surface area contributed by atoms with Crippen LogP contribution in [0.1, 0.15) is 12.5 Å². The van der Waals surface area contributed by atoms with Crippen LogP contribution in [0.15, 0.2) is 47.0 Å². The van der Waals surface area contributed by atoms with Crippen molar-refractivity contribution in [3.63, 3.8) is 0 Å². The smallest absolute Gasteiger partial charge is 0.295 e. The van der Waals surface area contributed by atoms with Gasteiger partial charge < -0.3 is 19.4 Å². The SMILES string of the molecule is CC1CN(c2ccc(CNc3nc4ccccc4o3)cn2)CCO1. The van der Waals surface area contributed by atoms with Crippen LogP contribution < -0.4 is 10.2 Å². The molecule has 1 aliphatic heterocycles. The second-order valence-corrected chi connectivity index (χ2v) is 5.99. The van der Waals surface area contributed by atoms with E-state index in [1.807, 2.05) is 30.5 Å². The number of aromatic nitrogens is 2. The van der Waals surface area contributed by atoms with E-state index in [0.717, 1.165) is 42.2 Å². The van der Waals surface area contributed by atoms with Crippen molar-refractivity contribution in [1.82, 2.24) is 9.97 Å². The molecule has 6 heteroatoms. The van der Waals surface area contributed by atoms with Gasteiger partial charge in [0.15, 0.2) is 5.58 Å². The van der Waals surface area contributed by atoms with Crippen LogP contribution in [0.2, 0.25) is 0 Å². The summed E-state index contributed by atoms with van der Waals surface area (Å²) in [5.74, 6) is 0.996. The predicted molar refractivity (Wildman–Crippen MR) is 93.2 cm³/mol. The largest absolute Gasteiger partial charge is 0.424 e. The van der Waals surface area contributed by atoms with Crippen LogP contribution >= 0.6 is 0 Å². The Kier molecular flexibility index (Phi) is 4.04. The van der Waals surface area contributed by atoms with Gasteiger partial charge in [-0.15, -0.1) is 0 Å². The molecule has 124 valence electrons. The van der Waals surface area contributed by atoms with E-state index in [0.29, 0.717) is 12.6 Å². The Balaban J connectivity index is 1.40. The van der Waals surface area contributed by atoms with Crippen molar-refractivity contribution in [1.29, 1.82) is 0 Å². The molecule has 0 bridgehead atoms. The minimum atomic E-state index is 0.251. The molecule has 0 amide bonds. The molecule has 0 saturated carbocycles. The lowest BCUT2D eigenvalue weighted by Gasteiger charge is -2.32. The summed E-state index contributed by atoms with van der Waals surface area (Å²) in [5, 5.41) is 3.21. The van der Waals surface area contributed by atoms with Crippen molar-refractivity contribution in [3.8, 4) is 0 Å². The van der Waals surface area contributed by atoms with Crippen LogP contribution in [0.3, 0.4) is 0 Å². The maximum absolute atomic E-state index is 5.66. The molecule has 1 atom stereocenters. The van der Waals surface area contributed by atoms with Crippen LogP contribution in [-0.2, 0) is 11.3 Å². The van der Waals surface area contributed by atoms with E-state index in [9.17, 15) is 0 Å². The first-order chi connectivity index (χ1) is 11.8. The molecule has 24 heavy (non-hydrogen) atoms. The maximum Gasteiger partial charge on any atom is 0.295 e. The number of hydrogen-bond acceptors (Lipinski definition) is 6. The highest BCUT2D eigenvalue weighted by molar-refractivity contribution is 5.74. The molecule has 1 fully saturated rings. The van der Waals surface area contributed by atoms with E-state index in [1.165, 1.54) is 0 Å². The molecule has 1 saturated heterocycles. The van der Waals surface area contributed by atoms with Gasteiger partial charge in [-0.2, -0.15) is 4.98 Å². The molecule has 1 N–H and O–H groups in total. The van der Waals surface area contributed by atoms with E-state index < -0.39 is 0 Å². The van der Waals surface area contributed by atoms with Crippen LogP contribution in [-0.4, -0.2) is 35.8 Å². The highest BCUT2D eigenvalue weighted by Crippen LogP contribution is 2.19. The standard InChI is InChI=1S/C18H20N4O2/c1-13-12-22(8-9-23-13)17-7-6-14(10-19-17)11-20-18-21-15-4-2-3-5-16(15)24-18/h2-7,10,13H,8-9,11-12H2,1H3,(H,20,21). The molecule has 4 rings (SSSR count). The van der Waals surface area contributed by atoms with Gasteiger partial charge in [-0.05, 0) is 30.7 Å². The lowest BCUT2D eigenvalue weighted by atomic mass is 10.2. The zero-order valence-electron chi connectivity index (χ0n) is 13.6. The highest BCUT2D eigenvalue weighted by Gasteiger charge is 2.17. The summed E-state index contributed by atoms with van der Waals surface area (Å²) in [6.45, 7) is 5.24. The Labute approximate surface area is 140 Å². The molecule has 3 heterocycles. The van der Waals surface area contributed by atoms with Crippen LogP contribution in [0.25, 0.3) is 11.1 Å². The lowest BCUT2D eigenvalue weighted by molar-refractivity contribution is 0.0529. The van der Waals surface area contributed by atoms with Gasteiger partial charge in [0.2, 0.25) is 0 Å². The van der Waals surface area contributed by atoms with E-state index in [-0.39, 0.29) is 6.10 Å². The Bertz CT molecular complexity index is 782. The zero-order chi connectivity index (χ0) is 16.4. The Morgan fingerprint density at radius 1 is 1.25 bits per heavy atom. The molecular formula is C18H20N4O2. The number of hydrogen-bond donors (Lipinski definition) is 1. The molecule has 1 aliphatic rings. The summed E-state index contributed by atoms with van der Waals surface area (Å²) in [7, 11) is 0. The number of nitrogens with zero attached hydrogens (tertiary/aromatic N) is 3. The van der Waals surface area contributed by atoms with Gasteiger partial charge in [0.05, 0.1) is 12.7 Å². The first-order valence-corrected chi connectivity index (χ1v) is 8.19. The Hall–Kier alpha value is -2.60. The average Bonchev–Trinajstić information content (AvgIpc) is 3.03. The first kappa shape index (κ1) is 15.0. The molecule has 2 aromatic heterocycles. The van der Waals surface area contributed by atoms with Crippen LogP contribution in [0.5, 0.6) is 0 Å². The summed E-state index contributed by atoms with van der Waals surface area (Å²) in [6, 6.07) is 12.4. The van der Waals surface area contributed by atoms with Gasteiger partial charge in [-0.3, -0.25) is 0 Å². The number of benzene rings is 1. The minimum Gasteiger partial charge on any atom is -0.424 e. The number of morpholine rings is 1. The summed E-state index contributed by atoms with van der Waals surface area (Å²) in [6.07, 6.45) is 2.14. The summed E-state index contributed by atoms with van der Waals surface area (Å²) >= 11 is 0. The molecule has 1 unspecified atom stereocenters. The van der Waals surface area contributed by atoms with Gasteiger partial charge in [0.25, 0.3) is 6.01 Å². The van der Waals surface area contributed by atoms with Crippen LogP contribution in [0, 0.1) is 0 Å². The van der Waals surface area contributed by atoms with E-state index in [4.69, 9.17) is 9.15 Å². The number of para-hydroxylation sites is 2. The van der Waals surface area contributed by atoms with Crippen molar-refractivity contribution in [2.24, 2.45) is 0 Å². The number of rotatable bonds is 4. The fourth-order valence-corrected chi connectivity index (χ4v) is 2.86. The maximum atomic E-state index is 5.66. The molecule has 0 spiro atoms. The van der Waals surface area contributed by atoms with Crippen molar-refractivity contribution in [2.75, 3.05) is 29.9 Å². The molecule has 0 radical (unpaired) electrons. The van der Waals surface area contributed by atoms with Gasteiger partial charge in [0.1, 0.15) is 11.3 Å². The van der Waals surface area contributed by atoms with Gasteiger partial charge >= 0.3 is 0 Å². The Morgan fingerprint density at radius 2 is 2.17 bits per heavy atom. The third-order valence-electron chi connectivity index (χ3n) is 4.11. The molecule has 6 nitrogen and oxygen atoms in total. The fourth-order valence-electron chi connectivity index (χ4n) is 2.86. The van der Waals surface area contributed by atoms with Gasteiger partial charge in [-0.25, -0.2) is 4.98 Å². The lowest BCUT2D eigenvalue weighted by Crippen LogP contribution is -2.41.